The molecule has 4 rings (SSSR count). The van der Waals surface area contributed by atoms with E-state index in [0.29, 0.717) is 31.0 Å². The summed E-state index contributed by atoms with van der Waals surface area (Å²) >= 11 is 1.62. The summed E-state index contributed by atoms with van der Waals surface area (Å²) in [5.41, 5.74) is 3.72. The lowest BCUT2D eigenvalue weighted by molar-refractivity contribution is -0.128. The van der Waals surface area contributed by atoms with Crippen molar-refractivity contribution in [2.45, 2.75) is 25.4 Å². The second-order valence-electron chi connectivity index (χ2n) is 7.56. The van der Waals surface area contributed by atoms with E-state index in [1.165, 1.54) is 0 Å². The van der Waals surface area contributed by atoms with Gasteiger partial charge in [-0.2, -0.15) is 0 Å². The van der Waals surface area contributed by atoms with Gasteiger partial charge in [-0.15, -0.1) is 11.8 Å². The number of hydrogen-bond acceptors (Lipinski definition) is 4. The summed E-state index contributed by atoms with van der Waals surface area (Å²) in [6.45, 7) is 3.56. The van der Waals surface area contributed by atoms with Crippen LogP contribution in [-0.4, -0.2) is 29.1 Å². The number of nitrogens with zero attached hydrogens (tertiary/aromatic N) is 1. The number of thioether (sulfide) groups is 1. The standard InChI is InChI=1S/C26H26N2O3S/c1-2-31-23-10-6-9-20(15-23)16-27-25(30)21-11-13-22(14-12-21)26-28(24(29)18-32-26)17-19-7-4-3-5-8-19/h3-15,26H,2,16-18H2,1H3,(H,27,30)/t26-/m0/s1. The summed E-state index contributed by atoms with van der Waals surface area (Å²) in [6.07, 6.45) is 0. The average Bonchev–Trinajstić information content (AvgIpc) is 3.19. The third-order valence-electron chi connectivity index (χ3n) is 5.28. The van der Waals surface area contributed by atoms with Crippen LogP contribution in [0.4, 0.5) is 0 Å². The van der Waals surface area contributed by atoms with Crippen LogP contribution in [0, 0.1) is 0 Å². The second-order valence-corrected chi connectivity index (χ2v) is 8.62. The van der Waals surface area contributed by atoms with Crippen molar-refractivity contribution in [3.8, 4) is 5.75 Å². The van der Waals surface area contributed by atoms with Gasteiger partial charge in [-0.3, -0.25) is 9.59 Å². The van der Waals surface area contributed by atoms with Crippen molar-refractivity contribution in [2.24, 2.45) is 0 Å². The van der Waals surface area contributed by atoms with Crippen molar-refractivity contribution in [1.29, 1.82) is 0 Å². The van der Waals surface area contributed by atoms with Crippen LogP contribution < -0.4 is 10.1 Å². The Hall–Kier alpha value is -3.25. The molecule has 1 N–H and O–H groups in total. The van der Waals surface area contributed by atoms with Gasteiger partial charge in [0.05, 0.1) is 12.4 Å². The lowest BCUT2D eigenvalue weighted by Crippen LogP contribution is -2.27. The Morgan fingerprint density at radius 2 is 1.78 bits per heavy atom. The van der Waals surface area contributed by atoms with E-state index in [1.807, 2.05) is 90.7 Å². The molecule has 6 heteroatoms. The lowest BCUT2D eigenvalue weighted by Gasteiger charge is -2.24. The van der Waals surface area contributed by atoms with E-state index in [-0.39, 0.29) is 17.2 Å². The summed E-state index contributed by atoms with van der Waals surface area (Å²) in [5.74, 6) is 1.28. The number of rotatable bonds is 8. The molecule has 1 fully saturated rings. The van der Waals surface area contributed by atoms with Gasteiger partial charge in [-0.1, -0.05) is 54.6 Å². The van der Waals surface area contributed by atoms with Gasteiger partial charge in [-0.05, 0) is 47.9 Å². The number of amides is 2. The highest BCUT2D eigenvalue weighted by molar-refractivity contribution is 8.00. The summed E-state index contributed by atoms with van der Waals surface area (Å²) in [5, 5.41) is 2.92. The fraction of sp³-hybridized carbons (Fsp3) is 0.231. The van der Waals surface area contributed by atoms with Crippen LogP contribution in [-0.2, 0) is 17.9 Å². The molecule has 0 saturated carbocycles. The van der Waals surface area contributed by atoms with E-state index >= 15 is 0 Å². The van der Waals surface area contributed by atoms with Crippen molar-refractivity contribution in [3.63, 3.8) is 0 Å². The molecule has 0 aromatic heterocycles. The molecule has 1 saturated heterocycles. The fourth-order valence-corrected chi connectivity index (χ4v) is 4.86. The molecule has 5 nitrogen and oxygen atoms in total. The highest BCUT2D eigenvalue weighted by Crippen LogP contribution is 2.39. The molecule has 0 unspecified atom stereocenters. The number of hydrogen-bond donors (Lipinski definition) is 1. The summed E-state index contributed by atoms with van der Waals surface area (Å²) in [7, 11) is 0. The molecule has 1 heterocycles. The third-order valence-corrected chi connectivity index (χ3v) is 6.54. The minimum atomic E-state index is -0.130. The maximum atomic E-state index is 12.6. The molecule has 3 aromatic rings. The first kappa shape index (κ1) is 22.0. The van der Waals surface area contributed by atoms with Gasteiger partial charge >= 0.3 is 0 Å². The van der Waals surface area contributed by atoms with Crippen LogP contribution in [0.1, 0.15) is 39.3 Å². The largest absolute Gasteiger partial charge is 0.494 e. The number of nitrogens with one attached hydrogen (secondary N) is 1. The van der Waals surface area contributed by atoms with Crippen LogP contribution in [0.2, 0.25) is 0 Å². The molecular weight excluding hydrogens is 420 g/mol. The smallest absolute Gasteiger partial charge is 0.251 e. The zero-order chi connectivity index (χ0) is 22.3. The summed E-state index contributed by atoms with van der Waals surface area (Å²) in [6, 6.07) is 25.3. The monoisotopic (exact) mass is 446 g/mol. The maximum absolute atomic E-state index is 12.6. The Labute approximate surface area is 192 Å². The van der Waals surface area contributed by atoms with E-state index < -0.39 is 0 Å². The number of ether oxygens (including phenoxy) is 1. The van der Waals surface area contributed by atoms with E-state index in [4.69, 9.17) is 4.74 Å². The van der Waals surface area contributed by atoms with Crippen molar-refractivity contribution in [2.75, 3.05) is 12.4 Å². The Balaban J connectivity index is 1.39. The molecule has 1 aliphatic heterocycles. The zero-order valence-corrected chi connectivity index (χ0v) is 18.8. The molecule has 0 aliphatic carbocycles. The molecule has 2 amide bonds. The Morgan fingerprint density at radius 3 is 2.53 bits per heavy atom. The lowest BCUT2D eigenvalue weighted by atomic mass is 10.1. The molecule has 32 heavy (non-hydrogen) atoms. The molecule has 0 spiro atoms. The second kappa shape index (κ2) is 10.4. The van der Waals surface area contributed by atoms with E-state index in [1.54, 1.807) is 11.8 Å². The Morgan fingerprint density at radius 1 is 1.03 bits per heavy atom. The van der Waals surface area contributed by atoms with Gasteiger partial charge in [0, 0.05) is 18.7 Å². The highest BCUT2D eigenvalue weighted by Gasteiger charge is 2.32. The summed E-state index contributed by atoms with van der Waals surface area (Å²) in [4.78, 5) is 27.0. The van der Waals surface area contributed by atoms with Crippen LogP contribution in [0.25, 0.3) is 0 Å². The Kier molecular flexibility index (Phi) is 7.12. The van der Waals surface area contributed by atoms with E-state index in [2.05, 4.69) is 5.32 Å². The van der Waals surface area contributed by atoms with Crippen LogP contribution in [0.5, 0.6) is 5.75 Å². The minimum absolute atomic E-state index is 0.0406. The predicted molar refractivity (Wildman–Crippen MR) is 127 cm³/mol. The SMILES string of the molecule is CCOc1cccc(CNC(=O)c2ccc([C@@H]3SCC(=O)N3Cc3ccccc3)cc2)c1. The zero-order valence-electron chi connectivity index (χ0n) is 18.0. The normalized spacial score (nSPS) is 15.6. The molecule has 0 radical (unpaired) electrons. The van der Waals surface area contributed by atoms with Gasteiger partial charge in [-0.25, -0.2) is 0 Å². The first-order chi connectivity index (χ1) is 15.6. The van der Waals surface area contributed by atoms with Gasteiger partial charge in [0.15, 0.2) is 0 Å². The van der Waals surface area contributed by atoms with E-state index in [9.17, 15) is 9.59 Å². The third kappa shape index (κ3) is 5.32. The van der Waals surface area contributed by atoms with Gasteiger partial charge in [0.1, 0.15) is 11.1 Å². The van der Waals surface area contributed by atoms with Crippen LogP contribution in [0.15, 0.2) is 78.9 Å². The van der Waals surface area contributed by atoms with Crippen LogP contribution in [0.3, 0.4) is 0 Å². The van der Waals surface area contributed by atoms with Crippen molar-refractivity contribution in [1.82, 2.24) is 10.2 Å². The fourth-order valence-electron chi connectivity index (χ4n) is 3.68. The Bertz CT molecular complexity index is 1070. The predicted octanol–water partition coefficient (Wildman–Crippen LogP) is 4.79. The maximum Gasteiger partial charge on any atom is 0.251 e. The van der Waals surface area contributed by atoms with Gasteiger partial charge in [0.25, 0.3) is 5.91 Å². The van der Waals surface area contributed by atoms with Crippen LogP contribution >= 0.6 is 11.8 Å². The molecule has 0 bridgehead atoms. The first-order valence-electron chi connectivity index (χ1n) is 10.7. The minimum Gasteiger partial charge on any atom is -0.494 e. The number of carbonyl (C=O) groups is 2. The average molecular weight is 447 g/mol. The summed E-state index contributed by atoms with van der Waals surface area (Å²) < 4.78 is 5.51. The molecule has 1 aliphatic rings. The number of carbonyl (C=O) groups excluding carboxylic acids is 2. The van der Waals surface area contributed by atoms with Gasteiger partial charge < -0.3 is 15.0 Å². The topological polar surface area (TPSA) is 58.6 Å². The van der Waals surface area contributed by atoms with Gasteiger partial charge in [0.2, 0.25) is 5.91 Å². The molecular formula is C26H26N2O3S. The molecule has 164 valence electrons. The number of benzene rings is 3. The van der Waals surface area contributed by atoms with Crippen molar-refractivity contribution in [3.05, 3.63) is 101 Å². The quantitative estimate of drug-likeness (QED) is 0.541. The van der Waals surface area contributed by atoms with Crippen molar-refractivity contribution >= 4 is 23.6 Å². The van der Waals surface area contributed by atoms with Crippen molar-refractivity contribution < 1.29 is 14.3 Å². The first-order valence-corrected chi connectivity index (χ1v) is 11.7. The molecule has 3 aromatic carbocycles. The highest BCUT2D eigenvalue weighted by atomic mass is 32.2. The molecule has 1 atom stereocenters. The van der Waals surface area contributed by atoms with E-state index in [0.717, 1.165) is 22.4 Å².